The third-order valence-electron chi connectivity index (χ3n) is 3.83. The van der Waals surface area contributed by atoms with Crippen LogP contribution in [0.2, 0.25) is 0 Å². The van der Waals surface area contributed by atoms with Crippen molar-refractivity contribution in [3.8, 4) is 0 Å². The second-order valence-corrected chi connectivity index (χ2v) is 6.88. The van der Waals surface area contributed by atoms with E-state index in [1.807, 2.05) is 26.8 Å². The van der Waals surface area contributed by atoms with Gasteiger partial charge in [-0.05, 0) is 12.1 Å². The fraction of sp³-hybridized carbons (Fsp3) is 0.333. The summed E-state index contributed by atoms with van der Waals surface area (Å²) in [6.07, 6.45) is 1.60. The number of anilines is 1. The van der Waals surface area contributed by atoms with E-state index < -0.39 is 0 Å². The average molecular weight is 340 g/mol. The van der Waals surface area contributed by atoms with Crippen LogP contribution >= 0.6 is 0 Å². The Hall–Kier alpha value is -2.96. The van der Waals surface area contributed by atoms with Crippen LogP contribution in [0.25, 0.3) is 10.9 Å². The van der Waals surface area contributed by atoms with Crippen molar-refractivity contribution in [3.05, 3.63) is 52.8 Å². The molecule has 130 valence electrons. The molecular weight excluding hydrogens is 320 g/mol. The number of para-hydroxylation sites is 1. The zero-order valence-electron chi connectivity index (χ0n) is 14.4. The van der Waals surface area contributed by atoms with Gasteiger partial charge >= 0.3 is 0 Å². The quantitative estimate of drug-likeness (QED) is 0.788. The smallest absolute Gasteiger partial charge is 0.261 e. The highest BCUT2D eigenvalue weighted by atomic mass is 16.5. The van der Waals surface area contributed by atoms with Gasteiger partial charge in [0.25, 0.3) is 5.56 Å². The van der Waals surface area contributed by atoms with Crippen LogP contribution in [-0.4, -0.2) is 20.6 Å². The Morgan fingerprint density at radius 1 is 1.28 bits per heavy atom. The molecular formula is C18H20N4O3. The van der Waals surface area contributed by atoms with Gasteiger partial charge in [0.1, 0.15) is 5.76 Å². The van der Waals surface area contributed by atoms with Gasteiger partial charge in [0, 0.05) is 24.4 Å². The molecule has 2 aromatic heterocycles. The van der Waals surface area contributed by atoms with Crippen molar-refractivity contribution in [2.45, 2.75) is 39.2 Å². The molecule has 0 aliphatic heterocycles. The Morgan fingerprint density at radius 3 is 2.76 bits per heavy atom. The highest BCUT2D eigenvalue weighted by Crippen LogP contribution is 2.24. The predicted octanol–water partition coefficient (Wildman–Crippen LogP) is 2.71. The molecule has 3 aromatic rings. The zero-order chi connectivity index (χ0) is 18.0. The van der Waals surface area contributed by atoms with E-state index in [4.69, 9.17) is 4.52 Å². The Labute approximate surface area is 144 Å². The van der Waals surface area contributed by atoms with Gasteiger partial charge in [-0.1, -0.05) is 38.1 Å². The van der Waals surface area contributed by atoms with E-state index in [2.05, 4.69) is 15.5 Å². The Kier molecular flexibility index (Phi) is 4.39. The molecule has 0 atom stereocenters. The molecule has 0 bridgehead atoms. The molecule has 1 aromatic carbocycles. The maximum atomic E-state index is 12.4. The van der Waals surface area contributed by atoms with Crippen molar-refractivity contribution in [3.63, 3.8) is 0 Å². The van der Waals surface area contributed by atoms with Gasteiger partial charge in [-0.2, -0.15) is 0 Å². The molecule has 7 nitrogen and oxygen atoms in total. The van der Waals surface area contributed by atoms with Crippen molar-refractivity contribution >= 4 is 22.6 Å². The fourth-order valence-electron chi connectivity index (χ4n) is 2.38. The zero-order valence-corrected chi connectivity index (χ0v) is 14.4. The van der Waals surface area contributed by atoms with E-state index in [9.17, 15) is 9.59 Å². The second-order valence-electron chi connectivity index (χ2n) is 6.88. The molecule has 1 N–H and O–H groups in total. The summed E-state index contributed by atoms with van der Waals surface area (Å²) in [6, 6.07) is 8.84. The predicted molar refractivity (Wildman–Crippen MR) is 94.5 cm³/mol. The number of hydrogen-bond donors (Lipinski definition) is 1. The van der Waals surface area contributed by atoms with Crippen LogP contribution in [0.5, 0.6) is 0 Å². The summed E-state index contributed by atoms with van der Waals surface area (Å²) in [5.74, 6) is 0.825. The number of amides is 1. The molecule has 0 saturated carbocycles. The monoisotopic (exact) mass is 340 g/mol. The van der Waals surface area contributed by atoms with Crippen molar-refractivity contribution in [2.75, 3.05) is 5.32 Å². The third kappa shape index (κ3) is 3.76. The number of nitrogens with zero attached hydrogens (tertiary/aromatic N) is 3. The largest absolute Gasteiger partial charge is 0.359 e. The van der Waals surface area contributed by atoms with Crippen LogP contribution in [0.3, 0.4) is 0 Å². The summed E-state index contributed by atoms with van der Waals surface area (Å²) < 4.78 is 6.67. The first-order valence-corrected chi connectivity index (χ1v) is 8.06. The molecule has 0 fully saturated rings. The first-order chi connectivity index (χ1) is 11.8. The first-order valence-electron chi connectivity index (χ1n) is 8.06. The molecule has 7 heteroatoms. The van der Waals surface area contributed by atoms with Crippen LogP contribution in [0.15, 0.2) is 46.0 Å². The van der Waals surface area contributed by atoms with Crippen molar-refractivity contribution in [2.24, 2.45) is 0 Å². The van der Waals surface area contributed by atoms with Crippen molar-refractivity contribution in [1.82, 2.24) is 14.7 Å². The lowest BCUT2D eigenvalue weighted by atomic mass is 9.93. The van der Waals surface area contributed by atoms with E-state index in [1.165, 1.54) is 10.9 Å². The standard InChI is InChI=1S/C18H20N4O3/c1-18(2,3)14-10-15(21-25-14)20-16(23)8-9-22-11-19-13-7-5-4-6-12(13)17(22)24/h4-7,10-11H,8-9H2,1-3H3,(H,20,21,23). The van der Waals surface area contributed by atoms with E-state index in [0.29, 0.717) is 22.5 Å². The van der Waals surface area contributed by atoms with E-state index in [1.54, 1.807) is 24.3 Å². The molecule has 0 unspecified atom stereocenters. The molecule has 0 aliphatic carbocycles. The number of benzene rings is 1. The van der Waals surface area contributed by atoms with Gasteiger partial charge in [0.2, 0.25) is 5.91 Å². The number of carbonyl (C=O) groups excluding carboxylic acids is 1. The van der Waals surface area contributed by atoms with Gasteiger partial charge in [0.05, 0.1) is 17.2 Å². The molecule has 0 saturated heterocycles. The average Bonchev–Trinajstić information content (AvgIpc) is 3.03. The van der Waals surface area contributed by atoms with Crippen LogP contribution in [0.1, 0.15) is 33.0 Å². The molecule has 0 aliphatic rings. The van der Waals surface area contributed by atoms with E-state index >= 15 is 0 Å². The first kappa shape index (κ1) is 16.9. The number of carbonyl (C=O) groups is 1. The van der Waals surface area contributed by atoms with Crippen LogP contribution < -0.4 is 10.9 Å². The lowest BCUT2D eigenvalue weighted by Gasteiger charge is -2.12. The third-order valence-corrected chi connectivity index (χ3v) is 3.83. The van der Waals surface area contributed by atoms with Gasteiger partial charge in [0.15, 0.2) is 5.82 Å². The molecule has 0 radical (unpaired) electrons. The topological polar surface area (TPSA) is 90.0 Å². The minimum absolute atomic E-state index is 0.137. The fourth-order valence-corrected chi connectivity index (χ4v) is 2.38. The molecule has 0 spiro atoms. The molecule has 2 heterocycles. The number of hydrogen-bond acceptors (Lipinski definition) is 5. The lowest BCUT2D eigenvalue weighted by Crippen LogP contribution is -2.23. The molecule has 25 heavy (non-hydrogen) atoms. The van der Waals surface area contributed by atoms with Gasteiger partial charge in [-0.3, -0.25) is 14.2 Å². The van der Waals surface area contributed by atoms with Crippen LogP contribution in [0.4, 0.5) is 5.82 Å². The number of nitrogens with one attached hydrogen (secondary N) is 1. The van der Waals surface area contributed by atoms with E-state index in [0.717, 1.165) is 0 Å². The highest BCUT2D eigenvalue weighted by Gasteiger charge is 2.20. The second kappa shape index (κ2) is 6.51. The summed E-state index contributed by atoms with van der Waals surface area (Å²) in [6.45, 7) is 6.24. The number of fused-ring (bicyclic) bond motifs is 1. The van der Waals surface area contributed by atoms with E-state index in [-0.39, 0.29) is 29.8 Å². The minimum atomic E-state index is -0.242. The van der Waals surface area contributed by atoms with Crippen LogP contribution in [-0.2, 0) is 16.8 Å². The van der Waals surface area contributed by atoms with Crippen molar-refractivity contribution in [1.29, 1.82) is 0 Å². The summed E-state index contributed by atoms with van der Waals surface area (Å²) in [5.41, 5.74) is 0.306. The number of aryl methyl sites for hydroxylation is 1. The summed E-state index contributed by atoms with van der Waals surface area (Å²) in [4.78, 5) is 28.7. The maximum Gasteiger partial charge on any atom is 0.261 e. The Balaban J connectivity index is 1.66. The van der Waals surface area contributed by atoms with Crippen molar-refractivity contribution < 1.29 is 9.32 Å². The van der Waals surface area contributed by atoms with Gasteiger partial charge in [-0.25, -0.2) is 4.98 Å². The molecule has 1 amide bonds. The normalized spacial score (nSPS) is 11.6. The molecule has 3 rings (SSSR count). The number of rotatable bonds is 4. The van der Waals surface area contributed by atoms with Gasteiger partial charge in [-0.15, -0.1) is 0 Å². The number of aromatic nitrogens is 3. The highest BCUT2D eigenvalue weighted by molar-refractivity contribution is 5.89. The minimum Gasteiger partial charge on any atom is -0.359 e. The summed E-state index contributed by atoms with van der Waals surface area (Å²) in [5, 5.41) is 7.07. The van der Waals surface area contributed by atoms with Gasteiger partial charge < -0.3 is 9.84 Å². The summed E-state index contributed by atoms with van der Waals surface area (Å²) in [7, 11) is 0. The maximum absolute atomic E-state index is 12.4. The lowest BCUT2D eigenvalue weighted by molar-refractivity contribution is -0.116. The summed E-state index contributed by atoms with van der Waals surface area (Å²) >= 11 is 0. The Bertz CT molecular complexity index is 966. The van der Waals surface area contributed by atoms with Crippen LogP contribution in [0, 0.1) is 0 Å². The SMILES string of the molecule is CC(C)(C)c1cc(NC(=O)CCn2cnc3ccccc3c2=O)no1. The Morgan fingerprint density at radius 2 is 2.04 bits per heavy atom.